The highest BCUT2D eigenvalue weighted by Crippen LogP contribution is 2.08. The van der Waals surface area contributed by atoms with E-state index in [1.54, 1.807) is 7.05 Å². The summed E-state index contributed by atoms with van der Waals surface area (Å²) in [6.07, 6.45) is 7.14. The van der Waals surface area contributed by atoms with Crippen LogP contribution in [0.4, 0.5) is 0 Å². The minimum atomic E-state index is 0.105. The molecule has 0 aliphatic heterocycles. The first-order valence-corrected chi connectivity index (χ1v) is 4.42. The highest BCUT2D eigenvalue weighted by atomic mass is 16.1. The van der Waals surface area contributed by atoms with E-state index in [1.807, 2.05) is 0 Å². The Morgan fingerprint density at radius 3 is 2.75 bits per heavy atom. The largest absolute Gasteiger partial charge is 0.359 e. The quantitative estimate of drug-likeness (QED) is 0.598. The molecular weight excluding hydrogens is 152 g/mol. The zero-order valence-electron chi connectivity index (χ0n) is 7.47. The van der Waals surface area contributed by atoms with E-state index in [-0.39, 0.29) is 5.91 Å². The zero-order valence-corrected chi connectivity index (χ0v) is 7.47. The van der Waals surface area contributed by atoms with Gasteiger partial charge in [-0.25, -0.2) is 0 Å². The van der Waals surface area contributed by atoms with Crippen LogP contribution < -0.4 is 10.6 Å². The van der Waals surface area contributed by atoms with Crippen LogP contribution in [0.25, 0.3) is 0 Å². The number of nitrogens with one attached hydrogen (secondary N) is 2. The molecule has 0 radical (unpaired) electrons. The summed E-state index contributed by atoms with van der Waals surface area (Å²) in [4.78, 5) is 10.8. The highest BCUT2D eigenvalue weighted by Gasteiger charge is 2.08. The SMILES string of the molecule is CNC(=O)CCNC1CC=CC1. The predicted octanol–water partition coefficient (Wildman–Crippen LogP) is 0.431. The lowest BCUT2D eigenvalue weighted by Gasteiger charge is -2.10. The summed E-state index contributed by atoms with van der Waals surface area (Å²) in [5.74, 6) is 0.105. The molecule has 2 N–H and O–H groups in total. The van der Waals surface area contributed by atoms with Crippen molar-refractivity contribution in [3.8, 4) is 0 Å². The van der Waals surface area contributed by atoms with Crippen molar-refractivity contribution < 1.29 is 4.79 Å². The molecule has 1 aliphatic rings. The molecule has 0 aromatic heterocycles. The van der Waals surface area contributed by atoms with Crippen LogP contribution >= 0.6 is 0 Å². The third kappa shape index (κ3) is 3.05. The maximum atomic E-state index is 10.8. The summed E-state index contributed by atoms with van der Waals surface area (Å²) in [5, 5.41) is 5.92. The Morgan fingerprint density at radius 2 is 2.17 bits per heavy atom. The van der Waals surface area contributed by atoms with Gasteiger partial charge in [-0.05, 0) is 12.8 Å². The molecule has 0 spiro atoms. The van der Waals surface area contributed by atoms with E-state index in [9.17, 15) is 4.79 Å². The van der Waals surface area contributed by atoms with Crippen LogP contribution in [-0.2, 0) is 4.79 Å². The van der Waals surface area contributed by atoms with Crippen LogP contribution in [0.5, 0.6) is 0 Å². The van der Waals surface area contributed by atoms with Crippen LogP contribution in [-0.4, -0.2) is 25.5 Å². The van der Waals surface area contributed by atoms with Crippen LogP contribution in [0.3, 0.4) is 0 Å². The molecule has 0 fully saturated rings. The molecule has 1 aliphatic carbocycles. The molecule has 0 aromatic carbocycles. The summed E-state index contributed by atoms with van der Waals surface area (Å²) in [5.41, 5.74) is 0. The maximum absolute atomic E-state index is 10.8. The molecule has 0 bridgehead atoms. The van der Waals surface area contributed by atoms with Crippen molar-refractivity contribution in [1.29, 1.82) is 0 Å². The summed E-state index contributed by atoms with van der Waals surface area (Å²) in [6, 6.07) is 0.564. The van der Waals surface area contributed by atoms with Gasteiger partial charge in [-0.2, -0.15) is 0 Å². The average Bonchev–Trinajstić information content (AvgIpc) is 2.57. The number of hydrogen-bond donors (Lipinski definition) is 2. The van der Waals surface area contributed by atoms with Crippen molar-refractivity contribution in [3.63, 3.8) is 0 Å². The summed E-state index contributed by atoms with van der Waals surface area (Å²) >= 11 is 0. The first-order chi connectivity index (χ1) is 5.83. The Morgan fingerprint density at radius 1 is 1.50 bits per heavy atom. The lowest BCUT2D eigenvalue weighted by Crippen LogP contribution is -2.30. The van der Waals surface area contributed by atoms with Crippen molar-refractivity contribution in [2.45, 2.75) is 25.3 Å². The summed E-state index contributed by atoms with van der Waals surface area (Å²) in [6.45, 7) is 0.784. The summed E-state index contributed by atoms with van der Waals surface area (Å²) in [7, 11) is 1.67. The van der Waals surface area contributed by atoms with Gasteiger partial charge in [0.05, 0.1) is 0 Å². The third-order valence-corrected chi connectivity index (χ3v) is 2.07. The molecule has 3 heteroatoms. The number of rotatable bonds is 4. The first kappa shape index (κ1) is 9.26. The smallest absolute Gasteiger partial charge is 0.221 e. The van der Waals surface area contributed by atoms with E-state index in [4.69, 9.17) is 0 Å². The van der Waals surface area contributed by atoms with Gasteiger partial charge >= 0.3 is 0 Å². The Kier molecular flexibility index (Phi) is 3.80. The van der Waals surface area contributed by atoms with Crippen molar-refractivity contribution in [2.75, 3.05) is 13.6 Å². The monoisotopic (exact) mass is 168 g/mol. The van der Waals surface area contributed by atoms with Gasteiger partial charge in [0.25, 0.3) is 0 Å². The van der Waals surface area contributed by atoms with Gasteiger partial charge in [0.2, 0.25) is 5.91 Å². The number of carbonyl (C=O) groups excluding carboxylic acids is 1. The van der Waals surface area contributed by atoms with Gasteiger partial charge in [-0.1, -0.05) is 12.2 Å². The van der Waals surface area contributed by atoms with E-state index >= 15 is 0 Å². The van der Waals surface area contributed by atoms with Crippen LogP contribution in [0.1, 0.15) is 19.3 Å². The van der Waals surface area contributed by atoms with E-state index in [0.717, 1.165) is 19.4 Å². The van der Waals surface area contributed by atoms with E-state index < -0.39 is 0 Å². The zero-order chi connectivity index (χ0) is 8.81. The fourth-order valence-electron chi connectivity index (χ4n) is 1.30. The minimum absolute atomic E-state index is 0.105. The lowest BCUT2D eigenvalue weighted by molar-refractivity contribution is -0.120. The van der Waals surface area contributed by atoms with Gasteiger partial charge < -0.3 is 10.6 Å². The molecular formula is C9H16N2O. The second-order valence-corrected chi connectivity index (χ2v) is 3.02. The predicted molar refractivity (Wildman–Crippen MR) is 48.8 cm³/mol. The van der Waals surface area contributed by atoms with Gasteiger partial charge in [-0.3, -0.25) is 4.79 Å². The number of amides is 1. The highest BCUT2D eigenvalue weighted by molar-refractivity contribution is 5.75. The van der Waals surface area contributed by atoms with Crippen LogP contribution in [0.2, 0.25) is 0 Å². The van der Waals surface area contributed by atoms with E-state index in [1.165, 1.54) is 0 Å². The topological polar surface area (TPSA) is 41.1 Å². The van der Waals surface area contributed by atoms with Gasteiger partial charge in [-0.15, -0.1) is 0 Å². The molecule has 0 aromatic rings. The molecule has 0 saturated carbocycles. The van der Waals surface area contributed by atoms with Crippen molar-refractivity contribution in [2.24, 2.45) is 0 Å². The molecule has 12 heavy (non-hydrogen) atoms. The molecule has 0 unspecified atom stereocenters. The Labute approximate surface area is 73.2 Å². The second-order valence-electron chi connectivity index (χ2n) is 3.02. The molecule has 0 saturated heterocycles. The minimum Gasteiger partial charge on any atom is -0.359 e. The van der Waals surface area contributed by atoms with E-state index in [0.29, 0.717) is 12.5 Å². The fourth-order valence-corrected chi connectivity index (χ4v) is 1.30. The van der Waals surface area contributed by atoms with Gasteiger partial charge in [0, 0.05) is 26.1 Å². The van der Waals surface area contributed by atoms with Crippen molar-refractivity contribution in [3.05, 3.63) is 12.2 Å². The Balaban J connectivity index is 1.99. The molecule has 0 heterocycles. The molecule has 1 amide bonds. The first-order valence-electron chi connectivity index (χ1n) is 4.42. The fraction of sp³-hybridized carbons (Fsp3) is 0.667. The van der Waals surface area contributed by atoms with Crippen LogP contribution in [0, 0.1) is 0 Å². The van der Waals surface area contributed by atoms with Crippen molar-refractivity contribution >= 4 is 5.91 Å². The summed E-state index contributed by atoms with van der Waals surface area (Å²) < 4.78 is 0. The maximum Gasteiger partial charge on any atom is 0.221 e. The molecule has 68 valence electrons. The number of hydrogen-bond acceptors (Lipinski definition) is 2. The standard InChI is InChI=1S/C9H16N2O/c1-10-9(12)6-7-11-8-4-2-3-5-8/h2-3,8,11H,4-7H2,1H3,(H,10,12). The van der Waals surface area contributed by atoms with Gasteiger partial charge in [0.15, 0.2) is 0 Å². The van der Waals surface area contributed by atoms with Crippen molar-refractivity contribution in [1.82, 2.24) is 10.6 Å². The van der Waals surface area contributed by atoms with E-state index in [2.05, 4.69) is 22.8 Å². The lowest BCUT2D eigenvalue weighted by atomic mass is 10.2. The average molecular weight is 168 g/mol. The normalized spacial score (nSPS) is 16.8. The Hall–Kier alpha value is -0.830. The number of carbonyl (C=O) groups is 1. The third-order valence-electron chi connectivity index (χ3n) is 2.07. The molecule has 3 nitrogen and oxygen atoms in total. The molecule has 0 atom stereocenters. The van der Waals surface area contributed by atoms with Gasteiger partial charge in [0.1, 0.15) is 0 Å². The second kappa shape index (κ2) is 4.93. The Bertz CT molecular complexity index is 169. The van der Waals surface area contributed by atoms with Crippen LogP contribution in [0.15, 0.2) is 12.2 Å². The molecule has 1 rings (SSSR count).